The van der Waals surface area contributed by atoms with Crippen LogP contribution in [0.5, 0.6) is 0 Å². The second-order valence-electron chi connectivity index (χ2n) is 3.45. The Morgan fingerprint density at radius 1 is 0.650 bits per heavy atom. The van der Waals surface area contributed by atoms with Crippen molar-refractivity contribution >= 4 is 37.9 Å². The summed E-state index contributed by atoms with van der Waals surface area (Å²) in [5.74, 6) is 0. The minimum Gasteiger partial charge on any atom is -0.425 e. The maximum atomic E-state index is 11.6. The summed E-state index contributed by atoms with van der Waals surface area (Å²) >= 11 is 0. The minimum absolute atomic E-state index is 1.80. The molecule has 0 saturated carbocycles. The third kappa shape index (κ3) is 214. The van der Waals surface area contributed by atoms with Crippen LogP contribution in [0, 0.1) is 0 Å². The van der Waals surface area contributed by atoms with Crippen LogP contribution in [0.4, 0.5) is 17.3 Å². The van der Waals surface area contributed by atoms with E-state index in [2.05, 4.69) is 4.34 Å². The van der Waals surface area contributed by atoms with Crippen LogP contribution in [-0.4, -0.2) is 73.1 Å². The molecular formula is C3H16B4F4O8Si. The summed E-state index contributed by atoms with van der Waals surface area (Å²) in [6.07, 6.45) is 0. The molecular weight excluding hydrogens is 311 g/mol. The molecule has 0 aliphatic rings. The number of halogens is 4. The molecule has 0 heterocycles. The molecule has 17 heteroatoms. The van der Waals surface area contributed by atoms with Gasteiger partial charge in [-0.1, -0.05) is 0 Å². The average molecular weight is 327 g/mol. The molecule has 0 radical (unpaired) electrons. The number of hydrogen-bond acceptors (Lipinski definition) is 8. The fourth-order valence-electron chi connectivity index (χ4n) is 0.292. The summed E-state index contributed by atoms with van der Waals surface area (Å²) in [7, 11) is -11.9. The highest BCUT2D eigenvalue weighted by atomic mass is 28.4. The molecule has 0 amide bonds. The van der Waals surface area contributed by atoms with Crippen LogP contribution in [0.2, 0.25) is 19.6 Å². The lowest BCUT2D eigenvalue weighted by Crippen LogP contribution is -2.32. The van der Waals surface area contributed by atoms with E-state index in [0.29, 0.717) is 0 Å². The number of hydrogen-bond donors (Lipinski definition) is 7. The Morgan fingerprint density at radius 2 is 0.800 bits per heavy atom. The molecule has 7 N–H and O–H groups in total. The average Bonchev–Trinajstić information content (AvgIpc) is 1.92. The van der Waals surface area contributed by atoms with E-state index in [1.54, 1.807) is 19.6 Å². The van der Waals surface area contributed by atoms with Gasteiger partial charge in [0.15, 0.2) is 8.32 Å². The largest absolute Gasteiger partial charge is 0.674 e. The first-order valence-corrected chi connectivity index (χ1v) is 8.03. The van der Waals surface area contributed by atoms with Crippen molar-refractivity contribution in [3.63, 3.8) is 0 Å². The summed E-state index contributed by atoms with van der Waals surface area (Å²) in [4.78, 5) is 0. The zero-order chi connectivity index (χ0) is 17.5. The first kappa shape index (κ1) is 28.1. The van der Waals surface area contributed by atoms with Crippen molar-refractivity contribution in [2.24, 2.45) is 0 Å². The van der Waals surface area contributed by atoms with Gasteiger partial charge in [0, 0.05) is 0 Å². The van der Waals surface area contributed by atoms with E-state index in [-0.39, 0.29) is 0 Å². The third-order valence-corrected chi connectivity index (χ3v) is 1.35. The maximum absolute atomic E-state index is 11.6. The lowest BCUT2D eigenvalue weighted by molar-refractivity contribution is 0.338. The van der Waals surface area contributed by atoms with Gasteiger partial charge in [-0.3, -0.25) is 17.3 Å². The highest BCUT2D eigenvalue weighted by molar-refractivity contribution is 6.74. The Balaban J connectivity index is -0.0000000917. The van der Waals surface area contributed by atoms with Crippen molar-refractivity contribution in [3.05, 3.63) is 0 Å². The standard InChI is InChI=1S/C3H10BFO2Si.3BFH2O2/c1-8(2,3)7-4(5)6;3*2-1(3)4/h6H,1-3H3;3*3-4H. The topological polar surface area (TPSA) is 151 Å². The van der Waals surface area contributed by atoms with Crippen LogP contribution in [-0.2, 0) is 4.34 Å². The third-order valence-electron chi connectivity index (χ3n) is 0.451. The molecule has 0 aliphatic carbocycles. The van der Waals surface area contributed by atoms with Crippen molar-refractivity contribution in [3.8, 4) is 0 Å². The van der Waals surface area contributed by atoms with Gasteiger partial charge in [0.2, 0.25) is 0 Å². The summed E-state index contributed by atoms with van der Waals surface area (Å²) < 4.78 is 46.4. The SMILES string of the molecule is C[Si](C)(C)OB(O)F.OB(O)F.OB(O)F.OB(O)F. The normalized spacial score (nSPS) is 8.70. The highest BCUT2D eigenvalue weighted by Gasteiger charge is 2.23. The lowest BCUT2D eigenvalue weighted by atomic mass is 10.3. The molecule has 0 aliphatic heterocycles. The Bertz CT molecular complexity index is 163. The first-order chi connectivity index (χ1) is 8.61. The molecule has 8 nitrogen and oxygen atoms in total. The molecule has 120 valence electrons. The van der Waals surface area contributed by atoms with E-state index in [1.807, 2.05) is 0 Å². The maximum Gasteiger partial charge on any atom is 0.674 e. The van der Waals surface area contributed by atoms with Crippen LogP contribution in [0.25, 0.3) is 0 Å². The van der Waals surface area contributed by atoms with Crippen LogP contribution in [0.1, 0.15) is 0 Å². The Kier molecular flexibility index (Phi) is 23.8. The Morgan fingerprint density at radius 3 is 0.800 bits per heavy atom. The van der Waals surface area contributed by atoms with Crippen molar-refractivity contribution in [2.45, 2.75) is 19.6 Å². The second kappa shape index (κ2) is 16.9. The molecule has 0 aromatic carbocycles. The van der Waals surface area contributed by atoms with Crippen molar-refractivity contribution in [1.82, 2.24) is 0 Å². The predicted octanol–water partition coefficient (Wildman–Crippen LogP) is -2.44. The molecule has 0 saturated heterocycles. The van der Waals surface area contributed by atoms with E-state index in [4.69, 9.17) is 35.2 Å². The molecule has 20 heavy (non-hydrogen) atoms. The van der Waals surface area contributed by atoms with E-state index in [9.17, 15) is 17.3 Å². The molecule has 0 aromatic heterocycles. The summed E-state index contributed by atoms with van der Waals surface area (Å²) in [6, 6.07) is 0. The van der Waals surface area contributed by atoms with E-state index in [1.165, 1.54) is 0 Å². The van der Waals surface area contributed by atoms with E-state index < -0.39 is 37.9 Å². The summed E-state index contributed by atoms with van der Waals surface area (Å²) in [6.45, 7) is 5.40. The van der Waals surface area contributed by atoms with Gasteiger partial charge in [-0.2, -0.15) is 0 Å². The fraction of sp³-hybridized carbons (Fsp3) is 1.00. The predicted molar refractivity (Wildman–Crippen MR) is 67.4 cm³/mol. The van der Waals surface area contributed by atoms with Gasteiger partial charge in [0.1, 0.15) is 0 Å². The molecule has 0 unspecified atom stereocenters. The second-order valence-corrected chi connectivity index (χ2v) is 7.91. The minimum atomic E-state index is -2.67. The van der Waals surface area contributed by atoms with Crippen LogP contribution in [0.3, 0.4) is 0 Å². The monoisotopic (exact) mass is 328 g/mol. The van der Waals surface area contributed by atoms with Crippen LogP contribution < -0.4 is 0 Å². The van der Waals surface area contributed by atoms with Crippen LogP contribution in [0.15, 0.2) is 0 Å². The lowest BCUT2D eigenvalue weighted by Gasteiger charge is -2.14. The zero-order valence-electron chi connectivity index (χ0n) is 10.9. The van der Waals surface area contributed by atoms with Crippen molar-refractivity contribution in [1.29, 1.82) is 0 Å². The van der Waals surface area contributed by atoms with Gasteiger partial charge >= 0.3 is 29.6 Å². The molecule has 0 rings (SSSR count). The van der Waals surface area contributed by atoms with Gasteiger partial charge < -0.3 is 39.5 Å². The quantitative estimate of drug-likeness (QED) is 0.218. The summed E-state index contributed by atoms with van der Waals surface area (Å²) in [5, 5.41) is 49.7. The first-order valence-electron chi connectivity index (χ1n) is 4.62. The van der Waals surface area contributed by atoms with Gasteiger partial charge in [-0.05, 0) is 19.6 Å². The fourth-order valence-corrected chi connectivity index (χ4v) is 0.875. The molecule has 0 spiro atoms. The molecule has 0 fully saturated rings. The van der Waals surface area contributed by atoms with Crippen LogP contribution >= 0.6 is 0 Å². The summed E-state index contributed by atoms with van der Waals surface area (Å²) in [5.41, 5.74) is 0. The zero-order valence-corrected chi connectivity index (χ0v) is 11.9. The van der Waals surface area contributed by atoms with Crippen molar-refractivity contribution in [2.75, 3.05) is 0 Å². The van der Waals surface area contributed by atoms with E-state index >= 15 is 0 Å². The number of rotatable bonds is 2. The smallest absolute Gasteiger partial charge is 0.425 e. The van der Waals surface area contributed by atoms with Crippen molar-refractivity contribution < 1.29 is 56.8 Å². The van der Waals surface area contributed by atoms with Gasteiger partial charge in [0.05, 0.1) is 0 Å². The molecule has 0 aromatic rings. The Hall–Kier alpha value is -0.123. The van der Waals surface area contributed by atoms with Gasteiger partial charge in [0.25, 0.3) is 0 Å². The van der Waals surface area contributed by atoms with E-state index in [0.717, 1.165) is 0 Å². The van der Waals surface area contributed by atoms with Gasteiger partial charge in [-0.15, -0.1) is 0 Å². The molecule has 0 atom stereocenters. The van der Waals surface area contributed by atoms with Gasteiger partial charge in [-0.25, -0.2) is 0 Å². The Labute approximate surface area is 115 Å². The molecule has 0 bridgehead atoms. The highest BCUT2D eigenvalue weighted by Crippen LogP contribution is 2.03.